The molecule has 38 heavy (non-hydrogen) atoms. The van der Waals surface area contributed by atoms with Crippen LogP contribution in [0.2, 0.25) is 0 Å². The number of carbonyl (C=O) groups excluding carboxylic acids is 2. The Balaban J connectivity index is 1.16. The van der Waals surface area contributed by atoms with Crippen LogP contribution in [-0.2, 0) is 0 Å². The number of methoxy groups -OCH3 is 2. The second kappa shape index (κ2) is 11.4. The van der Waals surface area contributed by atoms with E-state index in [1.165, 1.54) is 0 Å². The molecule has 2 aliphatic rings. The molecule has 9 heteroatoms. The van der Waals surface area contributed by atoms with Crippen LogP contribution < -0.4 is 19.3 Å². The zero-order valence-corrected chi connectivity index (χ0v) is 21.9. The van der Waals surface area contributed by atoms with Crippen molar-refractivity contribution in [2.45, 2.75) is 0 Å². The van der Waals surface area contributed by atoms with Gasteiger partial charge in [-0.1, -0.05) is 0 Å². The highest BCUT2D eigenvalue weighted by molar-refractivity contribution is 5.99. The van der Waals surface area contributed by atoms with Crippen molar-refractivity contribution in [3.63, 3.8) is 0 Å². The van der Waals surface area contributed by atoms with E-state index in [0.29, 0.717) is 37.3 Å². The summed E-state index contributed by atoms with van der Waals surface area (Å²) in [5.74, 6) is 1.46. The van der Waals surface area contributed by atoms with Crippen LogP contribution in [0.4, 0.5) is 11.4 Å². The van der Waals surface area contributed by atoms with Gasteiger partial charge in [-0.2, -0.15) is 0 Å². The van der Waals surface area contributed by atoms with Gasteiger partial charge in [0.25, 0.3) is 11.8 Å². The minimum atomic E-state index is -0.0918. The number of anilines is 2. The van der Waals surface area contributed by atoms with Crippen molar-refractivity contribution in [3.05, 3.63) is 78.1 Å². The molecule has 3 aromatic rings. The van der Waals surface area contributed by atoms with E-state index in [9.17, 15) is 9.59 Å². The largest absolute Gasteiger partial charge is 0.497 e. The quantitative estimate of drug-likeness (QED) is 0.499. The molecule has 0 unspecified atom stereocenters. The van der Waals surface area contributed by atoms with Crippen molar-refractivity contribution >= 4 is 23.2 Å². The molecular weight excluding hydrogens is 482 g/mol. The Morgan fingerprint density at radius 1 is 0.605 bits per heavy atom. The molecule has 2 aromatic carbocycles. The summed E-state index contributed by atoms with van der Waals surface area (Å²) in [6, 6.07) is 17.6. The summed E-state index contributed by atoms with van der Waals surface area (Å²) in [5.41, 5.74) is 3.12. The van der Waals surface area contributed by atoms with Gasteiger partial charge in [0.15, 0.2) is 0 Å². The van der Waals surface area contributed by atoms with Crippen molar-refractivity contribution in [1.29, 1.82) is 0 Å². The topological polar surface area (TPSA) is 78.5 Å². The lowest BCUT2D eigenvalue weighted by Crippen LogP contribution is -2.49. The van der Waals surface area contributed by atoms with Gasteiger partial charge in [-0.25, -0.2) is 0 Å². The van der Waals surface area contributed by atoms with Crippen LogP contribution in [0.1, 0.15) is 20.7 Å². The Morgan fingerprint density at radius 2 is 0.974 bits per heavy atom. The minimum absolute atomic E-state index is 0.0918. The van der Waals surface area contributed by atoms with Crippen molar-refractivity contribution in [2.24, 2.45) is 0 Å². The van der Waals surface area contributed by atoms with Crippen LogP contribution in [-0.4, -0.2) is 93.2 Å². The van der Waals surface area contributed by atoms with Crippen LogP contribution in [0.3, 0.4) is 0 Å². The SMILES string of the molecule is COc1ccc(N2CCN(C(=O)c3cncc(C(=O)N4CCN(c5ccc(OC)cc5)CC4)c3)CC2)cc1. The number of aromatic nitrogens is 1. The molecule has 0 aliphatic carbocycles. The third kappa shape index (κ3) is 5.51. The number of ether oxygens (including phenoxy) is 2. The maximum atomic E-state index is 13.2. The van der Waals surface area contributed by atoms with E-state index in [4.69, 9.17) is 9.47 Å². The van der Waals surface area contributed by atoms with E-state index in [0.717, 1.165) is 49.1 Å². The first-order chi connectivity index (χ1) is 18.6. The number of carbonyl (C=O) groups is 2. The van der Waals surface area contributed by atoms with Crippen LogP contribution in [0.25, 0.3) is 0 Å². The predicted octanol–water partition coefficient (Wildman–Crippen LogP) is 3.02. The molecule has 0 saturated carbocycles. The lowest BCUT2D eigenvalue weighted by molar-refractivity contribution is 0.0744. The summed E-state index contributed by atoms with van der Waals surface area (Å²) >= 11 is 0. The van der Waals surface area contributed by atoms with E-state index >= 15 is 0 Å². The van der Waals surface area contributed by atoms with E-state index in [-0.39, 0.29) is 11.8 Å². The molecule has 198 valence electrons. The lowest BCUT2D eigenvalue weighted by atomic mass is 10.1. The minimum Gasteiger partial charge on any atom is -0.497 e. The summed E-state index contributed by atoms with van der Waals surface area (Å²) in [5, 5.41) is 0. The third-order valence-electron chi connectivity index (χ3n) is 7.24. The van der Waals surface area contributed by atoms with Crippen molar-refractivity contribution in [2.75, 3.05) is 76.4 Å². The second-order valence-electron chi connectivity index (χ2n) is 9.42. The van der Waals surface area contributed by atoms with E-state index in [1.54, 1.807) is 32.7 Å². The Morgan fingerprint density at radius 3 is 1.32 bits per heavy atom. The third-order valence-corrected chi connectivity index (χ3v) is 7.24. The molecule has 2 saturated heterocycles. The zero-order valence-electron chi connectivity index (χ0n) is 21.9. The molecule has 0 bridgehead atoms. The summed E-state index contributed by atoms with van der Waals surface area (Å²) < 4.78 is 10.5. The van der Waals surface area contributed by atoms with Crippen molar-refractivity contribution < 1.29 is 19.1 Å². The first kappa shape index (κ1) is 25.4. The Kier molecular flexibility index (Phi) is 7.62. The predicted molar refractivity (Wildman–Crippen MR) is 146 cm³/mol. The van der Waals surface area contributed by atoms with Gasteiger partial charge in [0.1, 0.15) is 11.5 Å². The fourth-order valence-corrected chi connectivity index (χ4v) is 4.96. The number of hydrogen-bond acceptors (Lipinski definition) is 7. The number of amides is 2. The van der Waals surface area contributed by atoms with Crippen LogP contribution in [0, 0.1) is 0 Å². The van der Waals surface area contributed by atoms with Crippen LogP contribution >= 0.6 is 0 Å². The molecule has 5 rings (SSSR count). The van der Waals surface area contributed by atoms with Gasteiger partial charge in [-0.15, -0.1) is 0 Å². The second-order valence-corrected chi connectivity index (χ2v) is 9.42. The molecular formula is C29H33N5O4. The normalized spacial score (nSPS) is 15.8. The summed E-state index contributed by atoms with van der Waals surface area (Å²) in [7, 11) is 3.31. The monoisotopic (exact) mass is 515 g/mol. The summed E-state index contributed by atoms with van der Waals surface area (Å²) in [4.78, 5) is 38.9. The number of rotatable bonds is 6. The molecule has 2 fully saturated rings. The maximum Gasteiger partial charge on any atom is 0.255 e. The van der Waals surface area contributed by atoms with Crippen molar-refractivity contribution in [1.82, 2.24) is 14.8 Å². The van der Waals surface area contributed by atoms with E-state index in [1.807, 2.05) is 58.3 Å². The molecule has 9 nitrogen and oxygen atoms in total. The highest BCUT2D eigenvalue weighted by Gasteiger charge is 2.26. The zero-order chi connectivity index (χ0) is 26.5. The molecule has 3 heterocycles. The average molecular weight is 516 g/mol. The molecule has 2 amide bonds. The Bertz CT molecular complexity index is 1150. The molecule has 0 spiro atoms. The first-order valence-corrected chi connectivity index (χ1v) is 12.9. The van der Waals surface area contributed by atoms with Gasteiger partial charge in [-0.3, -0.25) is 14.6 Å². The van der Waals surface area contributed by atoms with Crippen LogP contribution in [0.15, 0.2) is 67.0 Å². The van der Waals surface area contributed by atoms with Gasteiger partial charge in [0, 0.05) is 76.1 Å². The van der Waals surface area contributed by atoms with Gasteiger partial charge in [-0.05, 0) is 54.6 Å². The summed E-state index contributed by atoms with van der Waals surface area (Å²) in [6.07, 6.45) is 3.10. The average Bonchev–Trinajstić information content (AvgIpc) is 3.00. The number of nitrogens with zero attached hydrogens (tertiary/aromatic N) is 5. The number of benzene rings is 2. The van der Waals surface area contributed by atoms with Gasteiger partial charge < -0.3 is 29.1 Å². The molecule has 0 N–H and O–H groups in total. The number of pyridine rings is 1. The van der Waals surface area contributed by atoms with E-state index < -0.39 is 0 Å². The molecule has 0 radical (unpaired) electrons. The Labute approximate surface area is 223 Å². The maximum absolute atomic E-state index is 13.2. The van der Waals surface area contributed by atoms with Gasteiger partial charge in [0.05, 0.1) is 25.3 Å². The molecule has 2 aliphatic heterocycles. The van der Waals surface area contributed by atoms with Gasteiger partial charge >= 0.3 is 0 Å². The first-order valence-electron chi connectivity index (χ1n) is 12.9. The molecule has 0 atom stereocenters. The Hall–Kier alpha value is -4.27. The summed E-state index contributed by atoms with van der Waals surface area (Å²) in [6.45, 7) is 5.38. The smallest absolute Gasteiger partial charge is 0.255 e. The van der Waals surface area contributed by atoms with Gasteiger partial charge in [0.2, 0.25) is 0 Å². The number of piperazine rings is 2. The highest BCUT2D eigenvalue weighted by Crippen LogP contribution is 2.23. The standard InChI is InChI=1S/C29H33N5O4/c1-37-26-7-3-24(4-8-26)31-11-15-33(16-12-31)28(35)22-19-23(21-30-20-22)29(36)34-17-13-32(14-18-34)25-5-9-27(38-2)10-6-25/h3-10,19-21H,11-18H2,1-2H3. The number of hydrogen-bond donors (Lipinski definition) is 0. The van der Waals surface area contributed by atoms with Crippen LogP contribution in [0.5, 0.6) is 11.5 Å². The lowest BCUT2D eigenvalue weighted by Gasteiger charge is -2.36. The fraction of sp³-hybridized carbons (Fsp3) is 0.345. The highest BCUT2D eigenvalue weighted by atomic mass is 16.5. The fourth-order valence-electron chi connectivity index (χ4n) is 4.96. The van der Waals surface area contributed by atoms with E-state index in [2.05, 4.69) is 14.8 Å². The molecule has 1 aromatic heterocycles. The van der Waals surface area contributed by atoms with Crippen molar-refractivity contribution in [3.8, 4) is 11.5 Å².